The Balaban J connectivity index is 2.11. The van der Waals surface area contributed by atoms with Crippen LogP contribution < -0.4 is 5.73 Å². The van der Waals surface area contributed by atoms with Crippen molar-refractivity contribution in [2.24, 2.45) is 0 Å². The van der Waals surface area contributed by atoms with Crippen molar-refractivity contribution in [3.8, 4) is 5.69 Å². The van der Waals surface area contributed by atoms with E-state index in [0.29, 0.717) is 0 Å². The van der Waals surface area contributed by atoms with Gasteiger partial charge in [-0.25, -0.2) is 4.98 Å². The summed E-state index contributed by atoms with van der Waals surface area (Å²) in [5, 5.41) is 1.24. The Labute approximate surface area is 137 Å². The van der Waals surface area contributed by atoms with E-state index in [-0.39, 0.29) is 0 Å². The zero-order chi connectivity index (χ0) is 16.1. The first-order valence-electron chi connectivity index (χ1n) is 8.43. The smallest absolute Gasteiger partial charge is 0.145 e. The molecular formula is C20H23N3. The summed E-state index contributed by atoms with van der Waals surface area (Å²) in [7, 11) is 0. The number of aryl methyl sites for hydroxylation is 4. The van der Waals surface area contributed by atoms with Gasteiger partial charge in [0.1, 0.15) is 5.65 Å². The Morgan fingerprint density at radius 3 is 2.61 bits per heavy atom. The van der Waals surface area contributed by atoms with Crippen LogP contribution in [0.3, 0.4) is 0 Å². The highest BCUT2D eigenvalue weighted by Crippen LogP contribution is 2.36. The van der Waals surface area contributed by atoms with E-state index >= 15 is 0 Å². The van der Waals surface area contributed by atoms with Gasteiger partial charge in [-0.3, -0.25) is 4.57 Å². The second kappa shape index (κ2) is 5.12. The SMILES string of the molecule is Cc1ccc(-n2c3c(c4cc(N)c(C)nc42)CCCC3)c(C)c1. The van der Waals surface area contributed by atoms with E-state index in [9.17, 15) is 0 Å². The van der Waals surface area contributed by atoms with Crippen LogP contribution in [0.1, 0.15) is 40.9 Å². The molecule has 3 nitrogen and oxygen atoms in total. The number of pyridine rings is 1. The molecule has 0 atom stereocenters. The van der Waals surface area contributed by atoms with Crippen LogP contribution in [0, 0.1) is 20.8 Å². The van der Waals surface area contributed by atoms with Gasteiger partial charge in [-0.2, -0.15) is 0 Å². The molecule has 0 spiro atoms. The van der Waals surface area contributed by atoms with Crippen molar-refractivity contribution in [3.63, 3.8) is 0 Å². The molecule has 0 saturated carbocycles. The van der Waals surface area contributed by atoms with Crippen molar-refractivity contribution in [2.45, 2.75) is 46.5 Å². The number of nitrogen functional groups attached to an aromatic ring is 1. The average molecular weight is 305 g/mol. The molecule has 0 aliphatic heterocycles. The van der Waals surface area contributed by atoms with Gasteiger partial charge in [-0.1, -0.05) is 17.7 Å². The summed E-state index contributed by atoms with van der Waals surface area (Å²) in [6.45, 7) is 6.32. The summed E-state index contributed by atoms with van der Waals surface area (Å²) < 4.78 is 2.38. The van der Waals surface area contributed by atoms with Gasteiger partial charge in [0.15, 0.2) is 0 Å². The molecule has 0 bridgehead atoms. The van der Waals surface area contributed by atoms with Crippen LogP contribution in [0.25, 0.3) is 16.7 Å². The molecule has 4 rings (SSSR count). The largest absolute Gasteiger partial charge is 0.397 e. The first-order valence-corrected chi connectivity index (χ1v) is 8.43. The number of anilines is 1. The van der Waals surface area contributed by atoms with Gasteiger partial charge >= 0.3 is 0 Å². The summed E-state index contributed by atoms with van der Waals surface area (Å²) in [5.74, 6) is 0. The van der Waals surface area contributed by atoms with E-state index in [1.165, 1.54) is 46.3 Å². The van der Waals surface area contributed by atoms with Crippen LogP contribution in [-0.2, 0) is 12.8 Å². The molecular weight excluding hydrogens is 282 g/mol. The summed E-state index contributed by atoms with van der Waals surface area (Å²) >= 11 is 0. The minimum Gasteiger partial charge on any atom is -0.397 e. The summed E-state index contributed by atoms with van der Waals surface area (Å²) in [5.41, 5.74) is 15.6. The predicted octanol–water partition coefficient (Wildman–Crippen LogP) is 4.41. The van der Waals surface area contributed by atoms with Gasteiger partial charge in [0, 0.05) is 11.1 Å². The van der Waals surface area contributed by atoms with Crippen LogP contribution in [0.2, 0.25) is 0 Å². The lowest BCUT2D eigenvalue weighted by atomic mass is 9.95. The quantitative estimate of drug-likeness (QED) is 0.723. The fourth-order valence-electron chi connectivity index (χ4n) is 3.87. The molecule has 1 aliphatic rings. The minimum atomic E-state index is 0.795. The second-order valence-electron chi connectivity index (χ2n) is 6.79. The molecule has 2 N–H and O–H groups in total. The monoisotopic (exact) mass is 305 g/mol. The molecule has 2 aromatic heterocycles. The third kappa shape index (κ3) is 2.14. The van der Waals surface area contributed by atoms with Crippen molar-refractivity contribution < 1.29 is 0 Å². The Morgan fingerprint density at radius 2 is 1.83 bits per heavy atom. The highest BCUT2D eigenvalue weighted by Gasteiger charge is 2.23. The van der Waals surface area contributed by atoms with Gasteiger partial charge in [-0.05, 0) is 69.7 Å². The molecule has 23 heavy (non-hydrogen) atoms. The number of hydrogen-bond donors (Lipinski definition) is 1. The lowest BCUT2D eigenvalue weighted by Crippen LogP contribution is -2.08. The van der Waals surface area contributed by atoms with E-state index in [1.807, 2.05) is 6.92 Å². The number of hydrogen-bond acceptors (Lipinski definition) is 2. The van der Waals surface area contributed by atoms with Crippen molar-refractivity contribution in [1.82, 2.24) is 9.55 Å². The Bertz CT molecular complexity index is 919. The second-order valence-corrected chi connectivity index (χ2v) is 6.79. The van der Waals surface area contributed by atoms with Crippen molar-refractivity contribution in [2.75, 3.05) is 5.73 Å². The molecule has 0 fully saturated rings. The van der Waals surface area contributed by atoms with Gasteiger partial charge in [0.2, 0.25) is 0 Å². The zero-order valence-electron chi connectivity index (χ0n) is 14.1. The van der Waals surface area contributed by atoms with Crippen molar-refractivity contribution in [1.29, 1.82) is 0 Å². The van der Waals surface area contributed by atoms with E-state index in [2.05, 4.69) is 42.7 Å². The van der Waals surface area contributed by atoms with Gasteiger partial charge in [-0.15, -0.1) is 0 Å². The van der Waals surface area contributed by atoms with E-state index in [0.717, 1.165) is 29.9 Å². The fraction of sp³-hybridized carbons (Fsp3) is 0.350. The molecule has 0 radical (unpaired) electrons. The van der Waals surface area contributed by atoms with Crippen molar-refractivity contribution in [3.05, 3.63) is 52.3 Å². The number of fused-ring (bicyclic) bond motifs is 3. The Morgan fingerprint density at radius 1 is 1.04 bits per heavy atom. The van der Waals surface area contributed by atoms with Crippen LogP contribution in [0.15, 0.2) is 24.3 Å². The standard InChI is InChI=1S/C20H23N3/c1-12-8-9-18(13(2)10-12)23-19-7-5-4-6-15(19)16-11-17(21)14(3)22-20(16)23/h8-11H,4-7,21H2,1-3H3. The number of aromatic nitrogens is 2. The van der Waals surface area contributed by atoms with E-state index < -0.39 is 0 Å². The third-order valence-electron chi connectivity index (χ3n) is 5.07. The summed E-state index contributed by atoms with van der Waals surface area (Å²) in [4.78, 5) is 4.86. The zero-order valence-corrected chi connectivity index (χ0v) is 14.1. The lowest BCUT2D eigenvalue weighted by Gasteiger charge is -2.17. The first kappa shape index (κ1) is 14.3. The van der Waals surface area contributed by atoms with Crippen LogP contribution in [-0.4, -0.2) is 9.55 Å². The molecule has 3 aromatic rings. The predicted molar refractivity (Wildman–Crippen MR) is 96.3 cm³/mol. The maximum atomic E-state index is 6.14. The minimum absolute atomic E-state index is 0.795. The maximum absolute atomic E-state index is 6.14. The number of benzene rings is 1. The Hall–Kier alpha value is -2.29. The summed E-state index contributed by atoms with van der Waals surface area (Å²) in [6, 6.07) is 8.79. The molecule has 1 aliphatic carbocycles. The number of nitrogens with two attached hydrogens (primary N) is 1. The van der Waals surface area contributed by atoms with Gasteiger partial charge in [0.05, 0.1) is 17.1 Å². The van der Waals surface area contributed by atoms with Crippen molar-refractivity contribution >= 4 is 16.7 Å². The van der Waals surface area contributed by atoms with E-state index in [4.69, 9.17) is 10.7 Å². The lowest BCUT2D eigenvalue weighted by molar-refractivity contribution is 0.666. The Kier molecular flexibility index (Phi) is 3.19. The highest BCUT2D eigenvalue weighted by molar-refractivity contribution is 5.87. The number of nitrogens with zero attached hydrogens (tertiary/aromatic N) is 2. The van der Waals surface area contributed by atoms with Gasteiger partial charge in [0.25, 0.3) is 0 Å². The molecule has 1 aromatic carbocycles. The topological polar surface area (TPSA) is 43.8 Å². The average Bonchev–Trinajstić information content (AvgIpc) is 2.82. The number of rotatable bonds is 1. The first-order chi connectivity index (χ1) is 11.1. The highest BCUT2D eigenvalue weighted by atomic mass is 15.1. The molecule has 0 unspecified atom stereocenters. The van der Waals surface area contributed by atoms with Gasteiger partial charge < -0.3 is 5.73 Å². The van der Waals surface area contributed by atoms with Crippen LogP contribution in [0.5, 0.6) is 0 Å². The molecule has 118 valence electrons. The van der Waals surface area contributed by atoms with Crippen LogP contribution >= 0.6 is 0 Å². The third-order valence-corrected chi connectivity index (χ3v) is 5.07. The molecule has 0 saturated heterocycles. The molecule has 0 amide bonds. The fourth-order valence-corrected chi connectivity index (χ4v) is 3.87. The normalized spacial score (nSPS) is 14.2. The summed E-state index contributed by atoms with van der Waals surface area (Å²) in [6.07, 6.45) is 4.77. The van der Waals surface area contributed by atoms with Crippen LogP contribution in [0.4, 0.5) is 5.69 Å². The maximum Gasteiger partial charge on any atom is 0.145 e. The van der Waals surface area contributed by atoms with E-state index in [1.54, 1.807) is 0 Å². The molecule has 2 heterocycles. The molecule has 3 heteroatoms.